The molecule has 196 valence electrons. The second-order valence-electron chi connectivity index (χ2n) is 8.51. The number of hydrogen-bond acceptors (Lipinski definition) is 8. The molecule has 1 amide bonds. The van der Waals surface area contributed by atoms with Gasteiger partial charge in [0, 0.05) is 23.9 Å². The molecular weight excluding hydrogens is 493 g/mol. The molecule has 0 spiro atoms. The van der Waals surface area contributed by atoms with Gasteiger partial charge in [-0.2, -0.15) is 0 Å². The number of benzene rings is 2. The third kappa shape index (κ3) is 7.45. The fraction of sp³-hybridized carbons (Fsp3) is 0.360. The summed E-state index contributed by atoms with van der Waals surface area (Å²) in [5, 5.41) is 12.7. The van der Waals surface area contributed by atoms with Crippen LogP contribution in [0.3, 0.4) is 0 Å². The van der Waals surface area contributed by atoms with Crippen LogP contribution in [0.2, 0.25) is 0 Å². The first kappa shape index (κ1) is 26.0. The first-order valence-corrected chi connectivity index (χ1v) is 11.8. The zero-order valence-electron chi connectivity index (χ0n) is 19.9. The number of carbonyl (C=O) groups excluding carboxylic acids is 2. The summed E-state index contributed by atoms with van der Waals surface area (Å²) >= 11 is 0. The fourth-order valence-corrected chi connectivity index (χ4v) is 4.07. The van der Waals surface area contributed by atoms with Gasteiger partial charge in [0.15, 0.2) is 0 Å². The molecule has 1 aliphatic carbocycles. The standard InChI is InChI=1S/C25H25F3N4O5/c1-2-21(33)35-19-12-8-16(9-13-19)15-6-10-17(11-7-15)29-22(34)23-31-32-24(36-23)30-18-4-3-5-20(14-18)37-25(26,27)28/h3-7,10-11,14,16,19H,2,8-9,12-13H2,1H3,(H,29,34)(H,30,32). The van der Waals surface area contributed by atoms with Gasteiger partial charge in [0.1, 0.15) is 11.9 Å². The lowest BCUT2D eigenvalue weighted by Gasteiger charge is -2.28. The van der Waals surface area contributed by atoms with E-state index in [2.05, 4.69) is 25.6 Å². The van der Waals surface area contributed by atoms with Gasteiger partial charge in [-0.3, -0.25) is 9.59 Å². The Morgan fingerprint density at radius 2 is 1.76 bits per heavy atom. The quantitative estimate of drug-likeness (QED) is 0.352. The van der Waals surface area contributed by atoms with Crippen LogP contribution in [0.25, 0.3) is 0 Å². The first-order chi connectivity index (χ1) is 17.7. The molecule has 0 aliphatic heterocycles. The highest BCUT2D eigenvalue weighted by Crippen LogP contribution is 2.34. The van der Waals surface area contributed by atoms with Gasteiger partial charge in [0.25, 0.3) is 0 Å². The number of alkyl halides is 3. The number of ether oxygens (including phenoxy) is 2. The van der Waals surface area contributed by atoms with Gasteiger partial charge in [0.05, 0.1) is 0 Å². The number of aromatic nitrogens is 2. The van der Waals surface area contributed by atoms with Crippen molar-refractivity contribution in [3.05, 3.63) is 60.0 Å². The Balaban J connectivity index is 1.30. The van der Waals surface area contributed by atoms with E-state index in [0.29, 0.717) is 18.0 Å². The molecule has 3 aromatic rings. The molecule has 1 saturated carbocycles. The SMILES string of the molecule is CCC(=O)OC1CCC(c2ccc(NC(=O)c3nnc(Nc4cccc(OC(F)(F)F)c4)o3)cc2)CC1. The Bertz CT molecular complexity index is 1220. The van der Waals surface area contributed by atoms with E-state index in [1.807, 2.05) is 12.1 Å². The normalized spacial score (nSPS) is 17.6. The van der Waals surface area contributed by atoms with E-state index < -0.39 is 18.0 Å². The van der Waals surface area contributed by atoms with Gasteiger partial charge in [-0.25, -0.2) is 0 Å². The van der Waals surface area contributed by atoms with Gasteiger partial charge >= 0.3 is 30.1 Å². The second kappa shape index (κ2) is 11.3. The number of esters is 1. The molecule has 12 heteroatoms. The number of nitrogens with one attached hydrogen (secondary N) is 2. The summed E-state index contributed by atoms with van der Waals surface area (Å²) in [6, 6.07) is 12.3. The van der Waals surface area contributed by atoms with E-state index >= 15 is 0 Å². The lowest BCUT2D eigenvalue weighted by molar-refractivity contribution is -0.274. The molecule has 1 fully saturated rings. The molecule has 0 bridgehead atoms. The largest absolute Gasteiger partial charge is 0.573 e. The van der Waals surface area contributed by atoms with Crippen molar-refractivity contribution >= 4 is 29.3 Å². The molecule has 0 atom stereocenters. The number of amides is 1. The summed E-state index contributed by atoms with van der Waals surface area (Å²) in [4.78, 5) is 24.0. The molecule has 1 aliphatic rings. The second-order valence-corrected chi connectivity index (χ2v) is 8.51. The van der Waals surface area contributed by atoms with Crippen molar-refractivity contribution in [2.45, 2.75) is 57.4 Å². The zero-order valence-corrected chi connectivity index (χ0v) is 19.9. The molecule has 37 heavy (non-hydrogen) atoms. The number of halogens is 3. The van der Waals surface area contributed by atoms with Crippen LogP contribution < -0.4 is 15.4 Å². The van der Waals surface area contributed by atoms with Crippen molar-refractivity contribution in [2.24, 2.45) is 0 Å². The summed E-state index contributed by atoms with van der Waals surface area (Å²) in [6.45, 7) is 1.78. The van der Waals surface area contributed by atoms with E-state index in [4.69, 9.17) is 9.15 Å². The fourth-order valence-electron chi connectivity index (χ4n) is 4.07. The Hall–Kier alpha value is -4.09. The van der Waals surface area contributed by atoms with E-state index in [9.17, 15) is 22.8 Å². The van der Waals surface area contributed by atoms with Crippen LogP contribution in [-0.2, 0) is 9.53 Å². The molecular formula is C25H25F3N4O5. The predicted octanol–water partition coefficient (Wildman–Crippen LogP) is 5.94. The van der Waals surface area contributed by atoms with E-state index in [1.165, 1.54) is 12.1 Å². The average molecular weight is 518 g/mol. The van der Waals surface area contributed by atoms with Crippen molar-refractivity contribution in [1.82, 2.24) is 10.2 Å². The summed E-state index contributed by atoms with van der Waals surface area (Å²) < 4.78 is 51.8. The maximum atomic E-state index is 12.5. The molecule has 2 N–H and O–H groups in total. The maximum Gasteiger partial charge on any atom is 0.573 e. The number of hydrogen-bond donors (Lipinski definition) is 2. The predicted molar refractivity (Wildman–Crippen MR) is 126 cm³/mol. The summed E-state index contributed by atoms with van der Waals surface area (Å²) in [6.07, 6.45) is -0.995. The monoisotopic (exact) mass is 518 g/mol. The minimum atomic E-state index is -4.82. The lowest BCUT2D eigenvalue weighted by atomic mass is 9.82. The molecule has 2 aromatic carbocycles. The molecule has 1 heterocycles. The van der Waals surface area contributed by atoms with Crippen LogP contribution in [0.5, 0.6) is 5.75 Å². The highest BCUT2D eigenvalue weighted by Gasteiger charge is 2.31. The summed E-state index contributed by atoms with van der Waals surface area (Å²) in [5.41, 5.74) is 1.87. The molecule has 0 saturated heterocycles. The van der Waals surface area contributed by atoms with Crippen LogP contribution in [0.1, 0.15) is 61.2 Å². The van der Waals surface area contributed by atoms with Crippen LogP contribution in [0.4, 0.5) is 30.6 Å². The van der Waals surface area contributed by atoms with Crippen molar-refractivity contribution in [3.63, 3.8) is 0 Å². The number of rotatable bonds is 8. The van der Waals surface area contributed by atoms with Crippen LogP contribution in [0, 0.1) is 0 Å². The van der Waals surface area contributed by atoms with Gasteiger partial charge in [-0.1, -0.05) is 30.2 Å². The van der Waals surface area contributed by atoms with Crippen molar-refractivity contribution in [1.29, 1.82) is 0 Å². The maximum absolute atomic E-state index is 12.5. The smallest absolute Gasteiger partial charge is 0.462 e. The topological polar surface area (TPSA) is 116 Å². The average Bonchev–Trinajstić information content (AvgIpc) is 3.33. The van der Waals surface area contributed by atoms with E-state index in [0.717, 1.165) is 43.4 Å². The van der Waals surface area contributed by atoms with Gasteiger partial charge < -0.3 is 24.5 Å². The highest BCUT2D eigenvalue weighted by atomic mass is 19.4. The first-order valence-electron chi connectivity index (χ1n) is 11.8. The molecule has 1 aromatic heterocycles. The van der Waals surface area contributed by atoms with Gasteiger partial charge in [-0.15, -0.1) is 18.3 Å². The van der Waals surface area contributed by atoms with E-state index in [-0.39, 0.29) is 29.7 Å². The Morgan fingerprint density at radius 1 is 1.03 bits per heavy atom. The third-order valence-electron chi connectivity index (χ3n) is 5.84. The summed E-state index contributed by atoms with van der Waals surface area (Å²) in [7, 11) is 0. The van der Waals surface area contributed by atoms with E-state index in [1.54, 1.807) is 19.1 Å². The van der Waals surface area contributed by atoms with Crippen LogP contribution in [0.15, 0.2) is 52.9 Å². The Morgan fingerprint density at radius 3 is 2.43 bits per heavy atom. The van der Waals surface area contributed by atoms with Crippen LogP contribution in [-0.4, -0.2) is 34.5 Å². The highest BCUT2D eigenvalue weighted by molar-refractivity contribution is 6.00. The lowest BCUT2D eigenvalue weighted by Crippen LogP contribution is -2.23. The van der Waals surface area contributed by atoms with Crippen molar-refractivity contribution in [2.75, 3.05) is 10.6 Å². The molecule has 4 rings (SSSR count). The van der Waals surface area contributed by atoms with Gasteiger partial charge in [-0.05, 0) is 61.4 Å². The van der Waals surface area contributed by atoms with Crippen molar-refractivity contribution < 1.29 is 36.7 Å². The molecule has 0 radical (unpaired) electrons. The van der Waals surface area contributed by atoms with Crippen LogP contribution >= 0.6 is 0 Å². The zero-order chi connectivity index (χ0) is 26.4. The minimum absolute atomic E-state index is 0.0202. The number of anilines is 3. The van der Waals surface area contributed by atoms with Gasteiger partial charge in [0.2, 0.25) is 0 Å². The Labute approximate surface area is 210 Å². The summed E-state index contributed by atoms with van der Waals surface area (Å²) in [5.74, 6) is -1.20. The number of nitrogens with zero attached hydrogens (tertiary/aromatic N) is 2. The minimum Gasteiger partial charge on any atom is -0.462 e. The molecule has 9 nitrogen and oxygen atoms in total. The third-order valence-corrected chi connectivity index (χ3v) is 5.84. The number of carbonyl (C=O) groups is 2. The molecule has 0 unspecified atom stereocenters. The van der Waals surface area contributed by atoms with Crippen molar-refractivity contribution in [3.8, 4) is 5.75 Å². The Kier molecular flexibility index (Phi) is 7.95.